The van der Waals surface area contributed by atoms with Gasteiger partial charge in [-0.25, -0.2) is 8.42 Å². The number of nitrogens with zero attached hydrogens (tertiary/aromatic N) is 1. The number of piperidine rings is 1. The van der Waals surface area contributed by atoms with Crippen LogP contribution in [0.2, 0.25) is 0 Å². The number of aliphatic hydroxyl groups is 1. The first kappa shape index (κ1) is 15.4. The first-order valence-electron chi connectivity index (χ1n) is 6.46. The normalized spacial score (nSPS) is 20.8. The van der Waals surface area contributed by atoms with Crippen LogP contribution in [0.25, 0.3) is 0 Å². The Morgan fingerprint density at radius 2 is 2.25 bits per heavy atom. The molecule has 0 aromatic heterocycles. The number of aliphatic hydroxyl groups excluding tert-OH is 1. The number of sulfonamides is 1. The van der Waals surface area contributed by atoms with Crippen molar-refractivity contribution in [2.24, 2.45) is 11.7 Å². The van der Waals surface area contributed by atoms with E-state index in [-0.39, 0.29) is 22.4 Å². The van der Waals surface area contributed by atoms with Crippen LogP contribution in [0.15, 0.2) is 29.2 Å². The monoisotopic (exact) mass is 314 g/mol. The van der Waals surface area contributed by atoms with Crippen LogP contribution in [0.1, 0.15) is 18.4 Å². The van der Waals surface area contributed by atoms with E-state index in [2.05, 4.69) is 0 Å². The molecule has 5 nitrogen and oxygen atoms in total. The van der Waals surface area contributed by atoms with Gasteiger partial charge < -0.3 is 10.8 Å². The molecule has 1 aliphatic heterocycles. The molecule has 0 radical (unpaired) electrons. The smallest absolute Gasteiger partial charge is 0.243 e. The maximum Gasteiger partial charge on any atom is 0.243 e. The van der Waals surface area contributed by atoms with E-state index in [1.165, 1.54) is 10.4 Å². The molecule has 1 fully saturated rings. The van der Waals surface area contributed by atoms with Crippen molar-refractivity contribution in [1.29, 1.82) is 0 Å². The maximum absolute atomic E-state index is 12.6. The molecular weight excluding hydrogens is 296 g/mol. The van der Waals surface area contributed by atoms with Gasteiger partial charge in [0.05, 0.1) is 4.90 Å². The second-order valence-corrected chi connectivity index (χ2v) is 7.32. The third-order valence-electron chi connectivity index (χ3n) is 3.50. The van der Waals surface area contributed by atoms with Gasteiger partial charge in [0.2, 0.25) is 10.0 Å². The molecule has 3 N–H and O–H groups in total. The highest BCUT2D eigenvalue weighted by Crippen LogP contribution is 2.24. The predicted octanol–water partition coefficient (Wildman–Crippen LogP) is 0.714. The zero-order valence-corrected chi connectivity index (χ0v) is 12.7. The molecule has 0 spiro atoms. The van der Waals surface area contributed by atoms with Gasteiger partial charge in [-0.2, -0.15) is 4.31 Å². The van der Waals surface area contributed by atoms with E-state index in [0.717, 1.165) is 12.8 Å². The largest absolute Gasteiger partial charge is 0.396 e. The number of nitrogens with two attached hydrogens (primary N) is 1. The molecule has 0 amide bonds. The molecule has 0 bridgehead atoms. The molecule has 0 saturated carbocycles. The Morgan fingerprint density at radius 3 is 2.90 bits per heavy atom. The minimum absolute atomic E-state index is 0.0114. The van der Waals surface area contributed by atoms with Gasteiger partial charge in [0.25, 0.3) is 0 Å². The fourth-order valence-corrected chi connectivity index (χ4v) is 4.08. The van der Waals surface area contributed by atoms with Crippen LogP contribution >= 0.6 is 12.2 Å². The summed E-state index contributed by atoms with van der Waals surface area (Å²) >= 11 is 4.87. The van der Waals surface area contributed by atoms with E-state index in [9.17, 15) is 13.5 Å². The molecule has 0 aliphatic carbocycles. The van der Waals surface area contributed by atoms with Gasteiger partial charge in [0.1, 0.15) is 4.99 Å². The summed E-state index contributed by atoms with van der Waals surface area (Å²) in [7, 11) is -3.55. The second kappa shape index (κ2) is 6.17. The van der Waals surface area contributed by atoms with Gasteiger partial charge in [0.15, 0.2) is 0 Å². The molecule has 1 saturated heterocycles. The molecular formula is C13H18N2O3S2. The Labute approximate surface area is 124 Å². The van der Waals surface area contributed by atoms with Crippen LogP contribution in [0.4, 0.5) is 0 Å². The number of benzene rings is 1. The van der Waals surface area contributed by atoms with Crippen LogP contribution in [-0.2, 0) is 10.0 Å². The van der Waals surface area contributed by atoms with Crippen molar-refractivity contribution in [2.45, 2.75) is 17.7 Å². The summed E-state index contributed by atoms with van der Waals surface area (Å²) in [5.74, 6) is 0.0114. The molecule has 110 valence electrons. The molecule has 1 atom stereocenters. The van der Waals surface area contributed by atoms with Crippen molar-refractivity contribution >= 4 is 27.2 Å². The lowest BCUT2D eigenvalue weighted by Crippen LogP contribution is -2.40. The first-order chi connectivity index (χ1) is 9.45. The van der Waals surface area contributed by atoms with Crippen molar-refractivity contribution < 1.29 is 13.5 Å². The molecule has 1 aliphatic rings. The van der Waals surface area contributed by atoms with E-state index >= 15 is 0 Å². The molecule has 1 heterocycles. The third kappa shape index (κ3) is 3.17. The molecule has 20 heavy (non-hydrogen) atoms. The fourth-order valence-electron chi connectivity index (χ4n) is 2.35. The Balaban J connectivity index is 2.30. The minimum atomic E-state index is -3.55. The average molecular weight is 314 g/mol. The first-order valence-corrected chi connectivity index (χ1v) is 8.31. The van der Waals surface area contributed by atoms with Gasteiger partial charge in [-0.1, -0.05) is 24.4 Å². The molecule has 1 aromatic rings. The number of rotatable bonds is 4. The topological polar surface area (TPSA) is 83.6 Å². The Bertz CT molecular complexity index is 601. The summed E-state index contributed by atoms with van der Waals surface area (Å²) < 4.78 is 26.6. The average Bonchev–Trinajstić information content (AvgIpc) is 2.47. The number of thiocarbonyl (C=S) groups is 1. The SMILES string of the molecule is NC(=S)c1cccc(S(=O)(=O)N2CCCC(CO)C2)c1. The summed E-state index contributed by atoms with van der Waals surface area (Å²) in [6.07, 6.45) is 1.62. The minimum Gasteiger partial charge on any atom is -0.396 e. The third-order valence-corrected chi connectivity index (χ3v) is 5.59. The van der Waals surface area contributed by atoms with E-state index < -0.39 is 10.0 Å². The Kier molecular flexibility index (Phi) is 4.74. The second-order valence-electron chi connectivity index (χ2n) is 4.95. The van der Waals surface area contributed by atoms with Crippen molar-refractivity contribution in [3.63, 3.8) is 0 Å². The van der Waals surface area contributed by atoms with Crippen LogP contribution < -0.4 is 5.73 Å². The van der Waals surface area contributed by atoms with E-state index in [4.69, 9.17) is 18.0 Å². The fraction of sp³-hybridized carbons (Fsp3) is 0.462. The maximum atomic E-state index is 12.6. The van der Waals surface area contributed by atoms with Gasteiger partial charge >= 0.3 is 0 Å². The van der Waals surface area contributed by atoms with Crippen molar-refractivity contribution in [3.8, 4) is 0 Å². The highest BCUT2D eigenvalue weighted by atomic mass is 32.2. The van der Waals surface area contributed by atoms with Crippen LogP contribution in [-0.4, -0.2) is 42.5 Å². The summed E-state index contributed by atoms with van der Waals surface area (Å²) in [5, 5.41) is 9.21. The number of hydrogen-bond donors (Lipinski definition) is 2. The van der Waals surface area contributed by atoms with E-state index in [1.54, 1.807) is 18.2 Å². The van der Waals surface area contributed by atoms with Crippen LogP contribution in [0.5, 0.6) is 0 Å². The Hall–Kier alpha value is -1.02. The predicted molar refractivity (Wildman–Crippen MR) is 80.9 cm³/mol. The van der Waals surface area contributed by atoms with Crippen molar-refractivity contribution in [2.75, 3.05) is 19.7 Å². The summed E-state index contributed by atoms with van der Waals surface area (Å²) in [4.78, 5) is 0.371. The molecule has 2 rings (SSSR count). The van der Waals surface area contributed by atoms with Gasteiger partial charge in [-0.3, -0.25) is 0 Å². The highest BCUT2D eigenvalue weighted by molar-refractivity contribution is 7.89. The van der Waals surface area contributed by atoms with Crippen LogP contribution in [0.3, 0.4) is 0 Å². The summed E-state index contributed by atoms with van der Waals surface area (Å²) in [6, 6.07) is 6.36. The highest BCUT2D eigenvalue weighted by Gasteiger charge is 2.30. The van der Waals surface area contributed by atoms with E-state index in [1.807, 2.05) is 0 Å². The van der Waals surface area contributed by atoms with Crippen molar-refractivity contribution in [3.05, 3.63) is 29.8 Å². The standard InChI is InChI=1S/C13H18N2O3S2/c14-13(19)11-4-1-5-12(7-11)20(17,18)15-6-2-3-10(8-15)9-16/h1,4-5,7,10,16H,2-3,6,8-9H2,(H2,14,19). The lowest BCUT2D eigenvalue weighted by Gasteiger charge is -2.31. The zero-order chi connectivity index (χ0) is 14.8. The lowest BCUT2D eigenvalue weighted by atomic mass is 10.0. The molecule has 7 heteroatoms. The Morgan fingerprint density at radius 1 is 1.50 bits per heavy atom. The summed E-state index contributed by atoms with van der Waals surface area (Å²) in [6.45, 7) is 0.852. The van der Waals surface area contributed by atoms with Crippen molar-refractivity contribution in [1.82, 2.24) is 4.31 Å². The van der Waals surface area contributed by atoms with Gasteiger partial charge in [0, 0.05) is 25.3 Å². The quantitative estimate of drug-likeness (QED) is 0.800. The van der Waals surface area contributed by atoms with Crippen LogP contribution in [0, 0.1) is 5.92 Å². The number of hydrogen-bond acceptors (Lipinski definition) is 4. The molecule has 1 aromatic carbocycles. The summed E-state index contributed by atoms with van der Waals surface area (Å²) in [5.41, 5.74) is 6.08. The van der Waals surface area contributed by atoms with E-state index in [0.29, 0.717) is 18.7 Å². The zero-order valence-electron chi connectivity index (χ0n) is 11.0. The lowest BCUT2D eigenvalue weighted by molar-refractivity contribution is 0.165. The van der Waals surface area contributed by atoms with Gasteiger partial charge in [-0.05, 0) is 30.9 Å². The van der Waals surface area contributed by atoms with Gasteiger partial charge in [-0.15, -0.1) is 0 Å². The molecule has 1 unspecified atom stereocenters.